The largest absolute Gasteiger partial charge is 0.495 e. The van der Waals surface area contributed by atoms with E-state index in [1.54, 1.807) is 36.4 Å². The van der Waals surface area contributed by atoms with Gasteiger partial charge >= 0.3 is 0 Å². The Hall–Kier alpha value is -2.50. The van der Waals surface area contributed by atoms with Crippen LogP contribution in [0.15, 0.2) is 41.4 Å². The van der Waals surface area contributed by atoms with Crippen LogP contribution in [0.3, 0.4) is 0 Å². The molecule has 2 aromatic carbocycles. The molecule has 174 valence electrons. The standard InChI is InChI=1S/C21H21Cl2N5O4S/c1-31-16-8-17(32-2)15(7-14(16)23)25-18(29)10-33-21-26-19-13(9-24-27-19)20(30)28(21)12-5-3-11(22)4-6-12/h3-8,13,19,24,27H,9-10H2,1-2H3,(H,25,29). The first-order valence-corrected chi connectivity index (χ1v) is 11.7. The number of amides is 2. The van der Waals surface area contributed by atoms with E-state index in [0.717, 1.165) is 11.8 Å². The van der Waals surface area contributed by atoms with Gasteiger partial charge in [0.05, 0.1) is 42.3 Å². The van der Waals surface area contributed by atoms with Crippen LogP contribution >= 0.6 is 35.0 Å². The molecule has 3 N–H and O–H groups in total. The van der Waals surface area contributed by atoms with Crippen molar-refractivity contribution in [3.8, 4) is 11.5 Å². The Labute approximate surface area is 204 Å². The minimum Gasteiger partial charge on any atom is -0.495 e. The Morgan fingerprint density at radius 3 is 2.64 bits per heavy atom. The van der Waals surface area contributed by atoms with Gasteiger partial charge in [-0.1, -0.05) is 35.0 Å². The van der Waals surface area contributed by atoms with Crippen molar-refractivity contribution in [3.05, 3.63) is 46.4 Å². The lowest BCUT2D eigenvalue weighted by molar-refractivity contribution is -0.121. The molecule has 12 heteroatoms. The van der Waals surface area contributed by atoms with Crippen LogP contribution in [0.1, 0.15) is 0 Å². The molecule has 2 heterocycles. The highest BCUT2D eigenvalue weighted by Gasteiger charge is 2.42. The Bertz CT molecular complexity index is 1100. The molecule has 0 saturated carbocycles. The van der Waals surface area contributed by atoms with Gasteiger partial charge in [0, 0.05) is 17.6 Å². The summed E-state index contributed by atoms with van der Waals surface area (Å²) in [4.78, 5) is 32.1. The summed E-state index contributed by atoms with van der Waals surface area (Å²) in [6, 6.07) is 10.1. The van der Waals surface area contributed by atoms with Crippen molar-refractivity contribution >= 4 is 63.3 Å². The van der Waals surface area contributed by atoms with Crippen molar-refractivity contribution < 1.29 is 19.1 Å². The maximum Gasteiger partial charge on any atom is 0.241 e. The van der Waals surface area contributed by atoms with Crippen LogP contribution in [0, 0.1) is 5.92 Å². The molecule has 1 saturated heterocycles. The molecule has 0 spiro atoms. The maximum atomic E-state index is 13.2. The number of nitrogens with zero attached hydrogens (tertiary/aromatic N) is 2. The number of fused-ring (bicyclic) bond motifs is 1. The van der Waals surface area contributed by atoms with E-state index >= 15 is 0 Å². The van der Waals surface area contributed by atoms with Crippen molar-refractivity contribution in [2.24, 2.45) is 10.9 Å². The Morgan fingerprint density at radius 2 is 1.94 bits per heavy atom. The first-order chi connectivity index (χ1) is 15.9. The molecular weight excluding hydrogens is 489 g/mol. The van der Waals surface area contributed by atoms with Crippen LogP contribution in [0.25, 0.3) is 0 Å². The Balaban J connectivity index is 1.52. The summed E-state index contributed by atoms with van der Waals surface area (Å²) in [6.45, 7) is 0.466. The van der Waals surface area contributed by atoms with Gasteiger partial charge in [0.1, 0.15) is 17.7 Å². The number of anilines is 2. The molecule has 0 aromatic heterocycles. The number of hydrazine groups is 1. The number of nitrogens with one attached hydrogen (secondary N) is 3. The normalized spacial score (nSPS) is 19.7. The molecule has 0 radical (unpaired) electrons. The average molecular weight is 510 g/mol. The first-order valence-electron chi connectivity index (χ1n) is 9.91. The fraction of sp³-hybridized carbons (Fsp3) is 0.286. The second kappa shape index (κ2) is 10.2. The number of amidine groups is 1. The van der Waals surface area contributed by atoms with E-state index in [9.17, 15) is 9.59 Å². The maximum absolute atomic E-state index is 13.2. The van der Waals surface area contributed by atoms with E-state index in [4.69, 9.17) is 32.7 Å². The summed E-state index contributed by atoms with van der Waals surface area (Å²) in [7, 11) is 2.98. The third kappa shape index (κ3) is 5.04. The van der Waals surface area contributed by atoms with E-state index in [-0.39, 0.29) is 23.5 Å². The molecule has 1 fully saturated rings. The quantitative estimate of drug-likeness (QED) is 0.549. The number of hydrogen-bond acceptors (Lipinski definition) is 8. The monoisotopic (exact) mass is 509 g/mol. The molecule has 2 amide bonds. The second-order valence-electron chi connectivity index (χ2n) is 7.16. The fourth-order valence-corrected chi connectivity index (χ4v) is 4.68. The molecular formula is C21H21Cl2N5O4S. The van der Waals surface area contributed by atoms with E-state index in [2.05, 4.69) is 21.2 Å². The third-order valence-corrected chi connectivity index (χ3v) is 6.60. The Morgan fingerprint density at radius 1 is 1.21 bits per heavy atom. The lowest BCUT2D eigenvalue weighted by Crippen LogP contribution is -2.49. The van der Waals surface area contributed by atoms with Crippen LogP contribution in [0.5, 0.6) is 11.5 Å². The molecule has 33 heavy (non-hydrogen) atoms. The van der Waals surface area contributed by atoms with E-state index < -0.39 is 6.17 Å². The summed E-state index contributed by atoms with van der Waals surface area (Å²) in [5, 5.41) is 4.09. The number of rotatable bonds is 6. The number of carbonyl (C=O) groups excluding carboxylic acids is 2. The van der Waals surface area contributed by atoms with Gasteiger partial charge in [-0.2, -0.15) is 0 Å². The number of halogens is 2. The van der Waals surface area contributed by atoms with Crippen LogP contribution in [0.4, 0.5) is 11.4 Å². The molecule has 2 aliphatic heterocycles. The van der Waals surface area contributed by atoms with Crippen molar-refractivity contribution in [2.45, 2.75) is 6.17 Å². The number of aliphatic imine (C=N–C) groups is 1. The molecule has 9 nitrogen and oxygen atoms in total. The smallest absolute Gasteiger partial charge is 0.241 e. The molecule has 2 aromatic rings. The molecule has 2 atom stereocenters. The number of ether oxygens (including phenoxy) is 2. The van der Waals surface area contributed by atoms with E-state index in [1.165, 1.54) is 19.1 Å². The summed E-state index contributed by atoms with van der Waals surface area (Å²) < 4.78 is 10.5. The van der Waals surface area contributed by atoms with Crippen LogP contribution in [-0.4, -0.2) is 49.7 Å². The van der Waals surface area contributed by atoms with Crippen molar-refractivity contribution in [2.75, 3.05) is 36.7 Å². The SMILES string of the molecule is COc1cc(OC)c(NC(=O)CSC2=NC3NNCC3C(=O)N2c2ccc(Cl)cc2)cc1Cl. The van der Waals surface area contributed by atoms with Crippen LogP contribution in [0.2, 0.25) is 10.0 Å². The van der Waals surface area contributed by atoms with Gasteiger partial charge < -0.3 is 14.8 Å². The van der Waals surface area contributed by atoms with Gasteiger partial charge in [0.25, 0.3) is 0 Å². The average Bonchev–Trinajstić information content (AvgIpc) is 3.28. The van der Waals surface area contributed by atoms with Gasteiger partial charge in [-0.3, -0.25) is 19.9 Å². The minimum absolute atomic E-state index is 0.00776. The zero-order valence-electron chi connectivity index (χ0n) is 17.7. The van der Waals surface area contributed by atoms with Crippen LogP contribution < -0.4 is 30.5 Å². The van der Waals surface area contributed by atoms with E-state index in [1.807, 2.05) is 0 Å². The highest BCUT2D eigenvalue weighted by Crippen LogP contribution is 2.36. The molecule has 4 rings (SSSR count). The number of benzene rings is 2. The third-order valence-electron chi connectivity index (χ3n) is 5.10. The molecule has 0 aliphatic carbocycles. The van der Waals surface area contributed by atoms with Gasteiger partial charge in [0.2, 0.25) is 11.8 Å². The van der Waals surface area contributed by atoms with Gasteiger partial charge in [-0.15, -0.1) is 0 Å². The lowest BCUT2D eigenvalue weighted by atomic mass is 10.0. The van der Waals surface area contributed by atoms with Crippen LogP contribution in [-0.2, 0) is 9.59 Å². The van der Waals surface area contributed by atoms with Gasteiger partial charge in [0.15, 0.2) is 5.17 Å². The zero-order valence-corrected chi connectivity index (χ0v) is 20.1. The summed E-state index contributed by atoms with van der Waals surface area (Å²) in [5.41, 5.74) is 7.01. The van der Waals surface area contributed by atoms with Gasteiger partial charge in [-0.05, 0) is 30.3 Å². The minimum atomic E-state index is -0.396. The second-order valence-corrected chi connectivity index (χ2v) is 8.95. The predicted octanol–water partition coefficient (Wildman–Crippen LogP) is 3.14. The van der Waals surface area contributed by atoms with Gasteiger partial charge in [-0.25, -0.2) is 10.4 Å². The molecule has 2 aliphatic rings. The number of carbonyl (C=O) groups is 2. The highest BCUT2D eigenvalue weighted by atomic mass is 35.5. The summed E-state index contributed by atoms with van der Waals surface area (Å²) in [5.74, 6) is 0.0816. The first kappa shape index (κ1) is 23.7. The summed E-state index contributed by atoms with van der Waals surface area (Å²) in [6.07, 6.45) is -0.396. The highest BCUT2D eigenvalue weighted by molar-refractivity contribution is 8.14. The topological polar surface area (TPSA) is 104 Å². The Kier molecular flexibility index (Phi) is 7.30. The zero-order chi connectivity index (χ0) is 23.5. The summed E-state index contributed by atoms with van der Waals surface area (Å²) >= 11 is 13.3. The number of hydrogen-bond donors (Lipinski definition) is 3. The molecule has 0 bridgehead atoms. The molecule has 2 unspecified atom stereocenters. The lowest BCUT2D eigenvalue weighted by Gasteiger charge is -2.32. The predicted molar refractivity (Wildman–Crippen MR) is 130 cm³/mol. The van der Waals surface area contributed by atoms with E-state index in [0.29, 0.717) is 44.6 Å². The fourth-order valence-electron chi connectivity index (χ4n) is 3.47. The number of methoxy groups -OCH3 is 2. The van der Waals surface area contributed by atoms with Crippen molar-refractivity contribution in [1.82, 2.24) is 10.9 Å². The van der Waals surface area contributed by atoms with Crippen molar-refractivity contribution in [3.63, 3.8) is 0 Å². The van der Waals surface area contributed by atoms with Crippen molar-refractivity contribution in [1.29, 1.82) is 0 Å². The number of thioether (sulfide) groups is 1.